The summed E-state index contributed by atoms with van der Waals surface area (Å²) in [6.07, 6.45) is 0.977. The fraction of sp³-hybridized carbons (Fsp3) is 0.320. The molecule has 33 heavy (non-hydrogen) atoms. The predicted molar refractivity (Wildman–Crippen MR) is 131 cm³/mol. The van der Waals surface area contributed by atoms with Crippen molar-refractivity contribution in [3.63, 3.8) is 0 Å². The van der Waals surface area contributed by atoms with Gasteiger partial charge in [0.2, 0.25) is 11.9 Å². The lowest BCUT2D eigenvalue weighted by Crippen LogP contribution is -2.36. The zero-order valence-corrected chi connectivity index (χ0v) is 19.1. The topological polar surface area (TPSA) is 82.1 Å². The zero-order valence-electron chi connectivity index (χ0n) is 19.1. The number of benzene rings is 2. The minimum Gasteiger partial charge on any atom is -0.341 e. The Labute approximate surface area is 193 Å². The summed E-state index contributed by atoms with van der Waals surface area (Å²) in [7, 11) is 0. The van der Waals surface area contributed by atoms with Gasteiger partial charge in [-0.25, -0.2) is 9.67 Å². The fourth-order valence-electron chi connectivity index (χ4n) is 4.29. The van der Waals surface area contributed by atoms with Gasteiger partial charge in [0.05, 0.1) is 29.0 Å². The van der Waals surface area contributed by atoms with Crippen LogP contribution in [-0.4, -0.2) is 63.3 Å². The molecule has 5 rings (SSSR count). The van der Waals surface area contributed by atoms with Gasteiger partial charge in [0, 0.05) is 32.2 Å². The van der Waals surface area contributed by atoms with E-state index in [1.54, 1.807) is 4.68 Å². The first-order chi connectivity index (χ1) is 16.0. The molecule has 8 heteroatoms. The average Bonchev–Trinajstić information content (AvgIpc) is 3.31. The number of carbonyl (C=O) groups excluding carboxylic acids is 1. The molecule has 2 N–H and O–H groups in total. The number of fused-ring (bicyclic) bond motifs is 1. The lowest BCUT2D eigenvalue weighted by Gasteiger charge is -2.21. The number of hydrogen-bond acceptors (Lipinski definition) is 5. The summed E-state index contributed by atoms with van der Waals surface area (Å²) in [6.45, 7) is 7.76. The molecular formula is C25H29N7O. The van der Waals surface area contributed by atoms with Crippen molar-refractivity contribution in [3.8, 4) is 5.69 Å². The molecular weight excluding hydrogens is 414 g/mol. The molecule has 0 unspecified atom stereocenters. The molecule has 0 radical (unpaired) electrons. The number of imidazole rings is 1. The van der Waals surface area contributed by atoms with Crippen molar-refractivity contribution in [3.05, 3.63) is 65.9 Å². The zero-order chi connectivity index (χ0) is 22.8. The quantitative estimate of drug-likeness (QED) is 0.493. The summed E-state index contributed by atoms with van der Waals surface area (Å²) in [6, 6.07) is 18.1. The molecule has 0 saturated carbocycles. The van der Waals surface area contributed by atoms with Gasteiger partial charge in [-0.2, -0.15) is 5.10 Å². The van der Waals surface area contributed by atoms with Crippen LogP contribution in [0, 0.1) is 13.8 Å². The van der Waals surface area contributed by atoms with E-state index in [1.807, 2.05) is 61.5 Å². The first kappa shape index (κ1) is 21.2. The maximum atomic E-state index is 12.9. The van der Waals surface area contributed by atoms with Crippen LogP contribution < -0.4 is 10.2 Å². The summed E-state index contributed by atoms with van der Waals surface area (Å²) in [5.41, 5.74) is 5.01. The van der Waals surface area contributed by atoms with Gasteiger partial charge in [0.1, 0.15) is 5.82 Å². The molecule has 170 valence electrons. The number of para-hydroxylation sites is 2. The van der Waals surface area contributed by atoms with Crippen LogP contribution in [-0.2, 0) is 4.79 Å². The summed E-state index contributed by atoms with van der Waals surface area (Å²) in [5.74, 6) is 1.57. The molecule has 4 aromatic rings. The van der Waals surface area contributed by atoms with Crippen LogP contribution in [0.3, 0.4) is 0 Å². The SMILES string of the molecule is Cc1ccc(-n2nc(C)cc2NC(=O)CN2CCCN(c3nc4ccccc4[nH]3)CC2)cc1. The molecule has 2 aromatic heterocycles. The van der Waals surface area contributed by atoms with E-state index in [9.17, 15) is 4.79 Å². The van der Waals surface area contributed by atoms with Crippen LogP contribution in [0.5, 0.6) is 0 Å². The molecule has 1 saturated heterocycles. The minimum atomic E-state index is -0.0274. The summed E-state index contributed by atoms with van der Waals surface area (Å²) in [4.78, 5) is 25.5. The second-order valence-electron chi connectivity index (χ2n) is 8.66. The van der Waals surface area contributed by atoms with Crippen molar-refractivity contribution >= 4 is 28.7 Å². The number of amides is 1. The number of aromatic amines is 1. The number of carbonyl (C=O) groups is 1. The Morgan fingerprint density at radius 3 is 2.67 bits per heavy atom. The Balaban J connectivity index is 1.22. The Bertz CT molecular complexity index is 1220. The molecule has 1 aliphatic heterocycles. The maximum absolute atomic E-state index is 12.9. The minimum absolute atomic E-state index is 0.0274. The number of aryl methyl sites for hydroxylation is 2. The number of hydrogen-bond donors (Lipinski definition) is 2. The van der Waals surface area contributed by atoms with Crippen LogP contribution in [0.15, 0.2) is 54.6 Å². The number of rotatable bonds is 5. The van der Waals surface area contributed by atoms with E-state index in [-0.39, 0.29) is 5.91 Å². The van der Waals surface area contributed by atoms with Crippen molar-refractivity contribution in [2.75, 3.05) is 42.9 Å². The molecule has 1 aliphatic rings. The van der Waals surface area contributed by atoms with Gasteiger partial charge in [-0.1, -0.05) is 29.8 Å². The molecule has 3 heterocycles. The summed E-state index contributed by atoms with van der Waals surface area (Å²) < 4.78 is 1.79. The highest BCUT2D eigenvalue weighted by atomic mass is 16.2. The van der Waals surface area contributed by atoms with Crippen LogP contribution in [0.4, 0.5) is 11.8 Å². The molecule has 2 aromatic carbocycles. The summed E-state index contributed by atoms with van der Waals surface area (Å²) >= 11 is 0. The molecule has 1 fully saturated rings. The van der Waals surface area contributed by atoms with Gasteiger partial charge in [0.25, 0.3) is 0 Å². The van der Waals surface area contributed by atoms with Gasteiger partial charge in [-0.15, -0.1) is 0 Å². The van der Waals surface area contributed by atoms with Crippen molar-refractivity contribution in [2.24, 2.45) is 0 Å². The van der Waals surface area contributed by atoms with Crippen molar-refractivity contribution in [1.29, 1.82) is 0 Å². The largest absolute Gasteiger partial charge is 0.341 e. The van der Waals surface area contributed by atoms with Crippen LogP contribution >= 0.6 is 0 Å². The summed E-state index contributed by atoms with van der Waals surface area (Å²) in [5, 5.41) is 7.62. The van der Waals surface area contributed by atoms with E-state index in [0.29, 0.717) is 12.4 Å². The lowest BCUT2D eigenvalue weighted by atomic mass is 10.2. The second-order valence-corrected chi connectivity index (χ2v) is 8.66. The number of anilines is 2. The lowest BCUT2D eigenvalue weighted by molar-refractivity contribution is -0.117. The molecule has 0 atom stereocenters. The van der Waals surface area contributed by atoms with Crippen LogP contribution in [0.1, 0.15) is 17.7 Å². The van der Waals surface area contributed by atoms with E-state index in [4.69, 9.17) is 4.98 Å². The maximum Gasteiger partial charge on any atom is 0.239 e. The third-order valence-corrected chi connectivity index (χ3v) is 6.01. The number of nitrogens with one attached hydrogen (secondary N) is 2. The first-order valence-corrected chi connectivity index (χ1v) is 11.4. The van der Waals surface area contributed by atoms with Crippen LogP contribution in [0.25, 0.3) is 16.7 Å². The first-order valence-electron chi connectivity index (χ1n) is 11.4. The molecule has 0 bridgehead atoms. The molecule has 0 spiro atoms. The van der Waals surface area contributed by atoms with E-state index >= 15 is 0 Å². The number of H-pyrrole nitrogens is 1. The van der Waals surface area contributed by atoms with E-state index in [2.05, 4.69) is 32.1 Å². The van der Waals surface area contributed by atoms with Crippen LogP contribution in [0.2, 0.25) is 0 Å². The fourth-order valence-corrected chi connectivity index (χ4v) is 4.29. The van der Waals surface area contributed by atoms with Gasteiger partial charge in [-0.3, -0.25) is 9.69 Å². The third-order valence-electron chi connectivity index (χ3n) is 6.01. The van der Waals surface area contributed by atoms with Crippen molar-refractivity contribution in [1.82, 2.24) is 24.6 Å². The molecule has 8 nitrogen and oxygen atoms in total. The van der Waals surface area contributed by atoms with E-state index in [0.717, 1.165) is 61.0 Å². The van der Waals surface area contributed by atoms with Gasteiger partial charge >= 0.3 is 0 Å². The Kier molecular flexibility index (Phi) is 5.83. The Morgan fingerprint density at radius 2 is 1.85 bits per heavy atom. The van der Waals surface area contributed by atoms with E-state index < -0.39 is 0 Å². The highest BCUT2D eigenvalue weighted by Crippen LogP contribution is 2.20. The Hall–Kier alpha value is -3.65. The highest BCUT2D eigenvalue weighted by Gasteiger charge is 2.20. The second kappa shape index (κ2) is 9.07. The number of nitrogens with zero attached hydrogens (tertiary/aromatic N) is 5. The van der Waals surface area contributed by atoms with E-state index in [1.165, 1.54) is 5.56 Å². The predicted octanol–water partition coefficient (Wildman–Crippen LogP) is 3.52. The van der Waals surface area contributed by atoms with Gasteiger partial charge in [-0.05, 0) is 44.5 Å². The Morgan fingerprint density at radius 1 is 1.03 bits per heavy atom. The smallest absolute Gasteiger partial charge is 0.239 e. The van der Waals surface area contributed by atoms with Crippen molar-refractivity contribution in [2.45, 2.75) is 20.3 Å². The van der Waals surface area contributed by atoms with Gasteiger partial charge in [0.15, 0.2) is 0 Å². The number of aromatic nitrogens is 4. The third kappa shape index (κ3) is 4.75. The average molecular weight is 444 g/mol. The van der Waals surface area contributed by atoms with Crippen molar-refractivity contribution < 1.29 is 4.79 Å². The molecule has 1 amide bonds. The monoisotopic (exact) mass is 443 g/mol. The van der Waals surface area contributed by atoms with Gasteiger partial charge < -0.3 is 15.2 Å². The highest BCUT2D eigenvalue weighted by molar-refractivity contribution is 5.91. The molecule has 0 aliphatic carbocycles. The normalized spacial score (nSPS) is 15.0. The standard InChI is InChI=1S/C25H29N7O/c1-18-8-10-20(11-9-18)32-23(16-19(2)29-32)28-24(33)17-30-12-5-13-31(15-14-30)25-26-21-6-3-4-7-22(21)27-25/h3-4,6-11,16H,5,12-15,17H2,1-2H3,(H,26,27)(H,28,33).